The Labute approximate surface area is 204 Å². The number of hydrogen-bond acceptors (Lipinski definition) is 7. The van der Waals surface area contributed by atoms with Crippen LogP contribution in [-0.2, 0) is 14.4 Å². The molecule has 0 aliphatic carbocycles. The number of carboxylic acids is 1. The summed E-state index contributed by atoms with van der Waals surface area (Å²) in [4.78, 5) is 42.2. The fourth-order valence-electron chi connectivity index (χ4n) is 4.15. The molecule has 2 aromatic rings. The number of piperazine rings is 1. The molecule has 1 aromatic carbocycles. The van der Waals surface area contributed by atoms with Gasteiger partial charge in [-0.2, -0.15) is 4.68 Å². The summed E-state index contributed by atoms with van der Waals surface area (Å²) in [5.74, 6) is -2.23. The summed E-state index contributed by atoms with van der Waals surface area (Å²) in [6.07, 6.45) is 9.62. The zero-order chi connectivity index (χ0) is 25.2. The lowest BCUT2D eigenvalue weighted by atomic mass is 10.1. The summed E-state index contributed by atoms with van der Waals surface area (Å²) < 4.78 is 16.1. The highest BCUT2D eigenvalue weighted by Crippen LogP contribution is 2.30. The number of nitrogens with zero attached hydrogens (tertiary/aromatic N) is 4. The molecule has 0 spiro atoms. The van der Waals surface area contributed by atoms with Crippen LogP contribution in [0.1, 0.15) is 63.1 Å². The Morgan fingerprint density at radius 1 is 1.03 bits per heavy atom. The number of hydroxylamine groups is 2. The maximum absolute atomic E-state index is 14.8. The van der Waals surface area contributed by atoms with Crippen LogP contribution in [0.25, 0.3) is 10.9 Å². The van der Waals surface area contributed by atoms with Gasteiger partial charge in [0, 0.05) is 31.7 Å². The highest BCUT2D eigenvalue weighted by Gasteiger charge is 2.26. The van der Waals surface area contributed by atoms with Crippen molar-refractivity contribution in [3.63, 3.8) is 0 Å². The predicted molar refractivity (Wildman–Crippen MR) is 130 cm³/mol. The van der Waals surface area contributed by atoms with Crippen LogP contribution in [0.15, 0.2) is 30.4 Å². The van der Waals surface area contributed by atoms with E-state index in [-0.39, 0.29) is 5.91 Å². The van der Waals surface area contributed by atoms with Crippen molar-refractivity contribution in [2.24, 2.45) is 0 Å². The lowest BCUT2D eigenvalue weighted by Gasteiger charge is -2.33. The average molecular weight is 489 g/mol. The minimum absolute atomic E-state index is 0.154. The van der Waals surface area contributed by atoms with E-state index in [1.807, 2.05) is 4.90 Å². The fourth-order valence-corrected chi connectivity index (χ4v) is 4.15. The van der Waals surface area contributed by atoms with Gasteiger partial charge >= 0.3 is 11.9 Å². The first-order chi connectivity index (χ1) is 16.9. The molecule has 1 N–H and O–H groups in total. The van der Waals surface area contributed by atoms with E-state index in [1.165, 1.54) is 41.5 Å². The van der Waals surface area contributed by atoms with Gasteiger partial charge in [-0.1, -0.05) is 51.5 Å². The van der Waals surface area contributed by atoms with Gasteiger partial charge in [-0.15, -0.1) is 10.2 Å². The van der Waals surface area contributed by atoms with Crippen molar-refractivity contribution in [3.05, 3.63) is 36.2 Å². The number of benzene rings is 1. The second kappa shape index (κ2) is 13.0. The van der Waals surface area contributed by atoms with Gasteiger partial charge in [0.05, 0.1) is 24.0 Å². The Balaban J connectivity index is 1.63. The zero-order valence-electron chi connectivity index (χ0n) is 20.1. The van der Waals surface area contributed by atoms with Crippen molar-refractivity contribution in [1.29, 1.82) is 0 Å². The number of halogens is 1. The summed E-state index contributed by atoms with van der Waals surface area (Å²) >= 11 is 0. The quantitative estimate of drug-likeness (QED) is 0.351. The third-order valence-corrected chi connectivity index (χ3v) is 5.99. The Morgan fingerprint density at radius 3 is 2.40 bits per heavy atom. The molecule has 1 fully saturated rings. The number of hydrogen-bond donors (Lipinski definition) is 1. The normalized spacial score (nSPS) is 14.6. The monoisotopic (exact) mass is 488 g/mol. The number of anilines is 1. The number of carbonyl (C=O) groups excluding carboxylic acids is 2. The lowest BCUT2D eigenvalue weighted by molar-refractivity contribution is -0.185. The molecule has 2 heterocycles. The Hall–Kier alpha value is -3.27. The first-order valence-electron chi connectivity index (χ1n) is 12.2. The molecule has 0 radical (unpaired) electrons. The number of fused-ring (bicyclic) bond motifs is 1. The molecule has 0 amide bonds. The number of carboxylic acid groups (broad SMARTS) is 1. The van der Waals surface area contributed by atoms with Crippen LogP contribution in [0.4, 0.5) is 10.2 Å². The average Bonchev–Trinajstić information content (AvgIpc) is 3.24. The van der Waals surface area contributed by atoms with Gasteiger partial charge in [0.15, 0.2) is 5.82 Å². The van der Waals surface area contributed by atoms with E-state index in [0.29, 0.717) is 55.4 Å². The number of carbonyl (C=O) groups is 3. The molecule has 0 saturated carbocycles. The number of unbranched alkanes of at least 4 members (excludes halogenated alkanes) is 6. The van der Waals surface area contributed by atoms with Crippen molar-refractivity contribution in [2.75, 3.05) is 31.1 Å². The highest BCUT2D eigenvalue weighted by molar-refractivity contribution is 5.98. The molecule has 10 heteroatoms. The van der Waals surface area contributed by atoms with Crippen molar-refractivity contribution in [2.45, 2.75) is 58.3 Å². The number of aliphatic carboxylic acids is 1. The summed E-state index contributed by atoms with van der Waals surface area (Å²) in [6, 6.07) is 4.62. The second-order valence-electron chi connectivity index (χ2n) is 8.63. The van der Waals surface area contributed by atoms with Gasteiger partial charge in [-0.05, 0) is 18.6 Å². The molecule has 0 bridgehead atoms. The van der Waals surface area contributed by atoms with Crippen LogP contribution in [0, 0.1) is 5.82 Å². The van der Waals surface area contributed by atoms with E-state index in [1.54, 1.807) is 12.1 Å². The van der Waals surface area contributed by atoms with Crippen molar-refractivity contribution in [1.82, 2.24) is 14.8 Å². The van der Waals surface area contributed by atoms with E-state index < -0.39 is 17.8 Å². The summed E-state index contributed by atoms with van der Waals surface area (Å²) in [7, 11) is 0. The molecule has 1 saturated heterocycles. The van der Waals surface area contributed by atoms with Crippen LogP contribution >= 0.6 is 0 Å². The zero-order valence-corrected chi connectivity index (χ0v) is 20.1. The molecule has 0 unspecified atom stereocenters. The molecule has 3 rings (SSSR count). The van der Waals surface area contributed by atoms with E-state index in [9.17, 15) is 18.8 Å². The van der Waals surface area contributed by atoms with Gasteiger partial charge in [-0.3, -0.25) is 4.79 Å². The molecule has 35 heavy (non-hydrogen) atoms. The minimum atomic E-state index is -1.24. The molecule has 1 aliphatic heterocycles. The van der Waals surface area contributed by atoms with Crippen molar-refractivity contribution in [3.8, 4) is 0 Å². The molecular formula is C25H33FN4O5. The molecule has 0 atom stereocenters. The fraction of sp³-hybridized carbons (Fsp3) is 0.520. The minimum Gasteiger partial charge on any atom is -0.478 e. The van der Waals surface area contributed by atoms with Crippen molar-refractivity contribution >= 4 is 34.6 Å². The topological polar surface area (TPSA) is 105 Å². The Bertz CT molecular complexity index is 1060. The molecule has 9 nitrogen and oxygen atoms in total. The van der Waals surface area contributed by atoms with Crippen LogP contribution in [0.3, 0.4) is 0 Å². The van der Waals surface area contributed by atoms with Crippen molar-refractivity contribution < 1.29 is 28.7 Å². The number of rotatable bonds is 12. The summed E-state index contributed by atoms with van der Waals surface area (Å²) in [5.41, 5.74) is 0.445. The van der Waals surface area contributed by atoms with Gasteiger partial charge in [0.1, 0.15) is 5.82 Å². The first-order valence-corrected chi connectivity index (χ1v) is 12.2. The van der Waals surface area contributed by atoms with Crippen LogP contribution < -0.4 is 4.90 Å². The summed E-state index contributed by atoms with van der Waals surface area (Å²) in [6.45, 7) is 3.61. The maximum Gasteiger partial charge on any atom is 0.349 e. The third-order valence-electron chi connectivity index (χ3n) is 5.99. The second-order valence-corrected chi connectivity index (χ2v) is 8.63. The van der Waals surface area contributed by atoms with Gasteiger partial charge < -0.3 is 14.8 Å². The highest BCUT2D eigenvalue weighted by atomic mass is 19.1. The van der Waals surface area contributed by atoms with Crippen LogP contribution in [-0.4, -0.2) is 64.0 Å². The summed E-state index contributed by atoms with van der Waals surface area (Å²) in [5, 5.41) is 14.8. The van der Waals surface area contributed by atoms with E-state index in [4.69, 9.17) is 9.94 Å². The van der Waals surface area contributed by atoms with Gasteiger partial charge in [0.2, 0.25) is 5.91 Å². The lowest BCUT2D eigenvalue weighted by Crippen LogP contribution is -2.47. The molecular weight excluding hydrogens is 455 g/mol. The first kappa shape index (κ1) is 26.3. The third kappa shape index (κ3) is 7.35. The molecule has 1 aromatic heterocycles. The SMILES string of the molecule is CCCCCCCCCC(=O)n1nc(N2CCN(OC(=O)/C=C\C(=O)O)CC2)c2c(F)cccc21. The van der Waals surface area contributed by atoms with Gasteiger partial charge in [0.25, 0.3) is 0 Å². The standard InChI is InChI=1S/C25H33FN4O5/c1-2-3-4-5-6-7-8-12-21(31)30-20-11-9-10-19(26)24(20)25(27-30)28-15-17-29(18-16-28)35-23(34)14-13-22(32)33/h9-11,13-14H,2-8,12,15-18H2,1H3,(H,32,33)/b14-13-. The van der Waals surface area contributed by atoms with E-state index in [2.05, 4.69) is 12.0 Å². The van der Waals surface area contributed by atoms with E-state index >= 15 is 0 Å². The largest absolute Gasteiger partial charge is 0.478 e. The van der Waals surface area contributed by atoms with Crippen LogP contribution in [0.2, 0.25) is 0 Å². The van der Waals surface area contributed by atoms with Crippen LogP contribution in [0.5, 0.6) is 0 Å². The Morgan fingerprint density at radius 2 is 1.71 bits per heavy atom. The number of aromatic nitrogens is 2. The predicted octanol–water partition coefficient (Wildman–Crippen LogP) is 4.18. The smallest absolute Gasteiger partial charge is 0.349 e. The van der Waals surface area contributed by atoms with E-state index in [0.717, 1.165) is 25.3 Å². The van der Waals surface area contributed by atoms with Gasteiger partial charge in [-0.25, -0.2) is 14.0 Å². The molecule has 1 aliphatic rings. The Kier molecular flexibility index (Phi) is 9.77. The molecule has 190 valence electrons. The maximum atomic E-state index is 14.8.